The predicted octanol–water partition coefficient (Wildman–Crippen LogP) is 3.90. The molecular formula is C26H19ClN2O6. The number of halogens is 1. The van der Waals surface area contributed by atoms with Crippen LogP contribution in [0.2, 0.25) is 5.02 Å². The van der Waals surface area contributed by atoms with Crippen molar-refractivity contribution >= 4 is 46.7 Å². The van der Waals surface area contributed by atoms with Crippen LogP contribution in [-0.2, 0) is 16.0 Å². The van der Waals surface area contributed by atoms with E-state index in [-0.39, 0.29) is 39.1 Å². The number of anilines is 2. The quantitative estimate of drug-likeness (QED) is 0.398. The topological polar surface area (TPSA) is 93.2 Å². The van der Waals surface area contributed by atoms with Crippen LogP contribution in [0.15, 0.2) is 60.7 Å². The Morgan fingerprint density at radius 3 is 2.29 bits per heavy atom. The summed E-state index contributed by atoms with van der Waals surface area (Å²) in [5.41, 5.74) is 2.43. The molecule has 176 valence electrons. The van der Waals surface area contributed by atoms with E-state index in [1.165, 1.54) is 19.2 Å². The fraction of sp³-hybridized carbons (Fsp3) is 0.154. The highest BCUT2D eigenvalue weighted by Crippen LogP contribution is 2.38. The van der Waals surface area contributed by atoms with Crippen LogP contribution in [-0.4, -0.2) is 44.0 Å². The van der Waals surface area contributed by atoms with E-state index in [0.717, 1.165) is 22.6 Å². The van der Waals surface area contributed by atoms with Gasteiger partial charge >= 0.3 is 5.97 Å². The van der Waals surface area contributed by atoms with Crippen LogP contribution < -0.4 is 14.5 Å². The number of benzene rings is 3. The lowest BCUT2D eigenvalue weighted by molar-refractivity contribution is -0.121. The molecule has 3 amide bonds. The smallest absolute Gasteiger partial charge is 0.342 e. The average molecular weight is 491 g/mol. The number of methoxy groups -OCH3 is 1. The monoisotopic (exact) mass is 490 g/mol. The number of imide groups is 1. The first-order valence-corrected chi connectivity index (χ1v) is 11.2. The number of carbonyl (C=O) groups excluding carboxylic acids is 4. The van der Waals surface area contributed by atoms with E-state index in [1.807, 2.05) is 24.3 Å². The van der Waals surface area contributed by atoms with Gasteiger partial charge in [-0.1, -0.05) is 41.9 Å². The number of fused-ring (bicyclic) bond motifs is 2. The summed E-state index contributed by atoms with van der Waals surface area (Å²) in [5, 5.41) is -0.0212. The lowest BCUT2D eigenvalue weighted by Gasteiger charge is -2.19. The van der Waals surface area contributed by atoms with Crippen molar-refractivity contribution in [3.63, 3.8) is 0 Å². The highest BCUT2D eigenvalue weighted by Gasteiger charge is 2.38. The Balaban J connectivity index is 1.35. The molecule has 3 aromatic carbocycles. The van der Waals surface area contributed by atoms with Gasteiger partial charge in [0.05, 0.1) is 28.9 Å². The molecule has 2 aliphatic heterocycles. The van der Waals surface area contributed by atoms with Crippen molar-refractivity contribution in [2.75, 3.05) is 30.1 Å². The third kappa shape index (κ3) is 3.81. The molecule has 0 N–H and O–H groups in total. The Labute approximate surface area is 205 Å². The summed E-state index contributed by atoms with van der Waals surface area (Å²) < 4.78 is 10.6. The predicted molar refractivity (Wildman–Crippen MR) is 128 cm³/mol. The minimum Gasteiger partial charge on any atom is -0.496 e. The molecule has 0 bridgehead atoms. The Bertz CT molecular complexity index is 1370. The molecule has 8 nitrogen and oxygen atoms in total. The van der Waals surface area contributed by atoms with E-state index in [9.17, 15) is 19.2 Å². The lowest BCUT2D eigenvalue weighted by Crippen LogP contribution is -2.33. The third-order valence-electron chi connectivity index (χ3n) is 6.04. The number of para-hydroxylation sites is 1. The van der Waals surface area contributed by atoms with Crippen molar-refractivity contribution in [2.24, 2.45) is 0 Å². The van der Waals surface area contributed by atoms with Gasteiger partial charge in [0.25, 0.3) is 17.7 Å². The zero-order chi connectivity index (χ0) is 24.7. The second-order valence-electron chi connectivity index (χ2n) is 8.00. The van der Waals surface area contributed by atoms with E-state index in [2.05, 4.69) is 0 Å². The molecule has 0 radical (unpaired) electrons. The maximum Gasteiger partial charge on any atom is 0.342 e. The number of esters is 1. The summed E-state index contributed by atoms with van der Waals surface area (Å²) in [7, 11) is 1.33. The van der Waals surface area contributed by atoms with Gasteiger partial charge in [0.1, 0.15) is 11.3 Å². The zero-order valence-corrected chi connectivity index (χ0v) is 19.4. The van der Waals surface area contributed by atoms with Gasteiger partial charge in [-0.25, -0.2) is 9.69 Å². The van der Waals surface area contributed by atoms with Gasteiger partial charge < -0.3 is 14.4 Å². The number of hydrogen-bond donors (Lipinski definition) is 0. The third-order valence-corrected chi connectivity index (χ3v) is 6.34. The molecule has 0 saturated carbocycles. The second kappa shape index (κ2) is 8.88. The van der Waals surface area contributed by atoms with Gasteiger partial charge in [-0.3, -0.25) is 14.4 Å². The van der Waals surface area contributed by atoms with Crippen molar-refractivity contribution in [3.05, 3.63) is 87.9 Å². The van der Waals surface area contributed by atoms with Crippen LogP contribution >= 0.6 is 11.6 Å². The van der Waals surface area contributed by atoms with E-state index < -0.39 is 24.4 Å². The summed E-state index contributed by atoms with van der Waals surface area (Å²) in [6.07, 6.45) is 0.735. The fourth-order valence-corrected chi connectivity index (χ4v) is 4.58. The Hall–Kier alpha value is -4.17. The molecular weight excluding hydrogens is 472 g/mol. The maximum atomic E-state index is 12.8. The zero-order valence-electron chi connectivity index (χ0n) is 18.6. The highest BCUT2D eigenvalue weighted by atomic mass is 35.5. The summed E-state index contributed by atoms with van der Waals surface area (Å²) >= 11 is 6.39. The average Bonchev–Trinajstić information content (AvgIpc) is 3.42. The molecule has 2 aliphatic rings. The first kappa shape index (κ1) is 22.6. The number of rotatable bonds is 5. The summed E-state index contributed by atoms with van der Waals surface area (Å²) in [6, 6.07) is 16.6. The first-order valence-electron chi connectivity index (χ1n) is 10.8. The molecule has 0 unspecified atom stereocenters. The van der Waals surface area contributed by atoms with E-state index in [0.29, 0.717) is 6.54 Å². The Morgan fingerprint density at radius 1 is 0.943 bits per heavy atom. The highest BCUT2D eigenvalue weighted by molar-refractivity contribution is 6.40. The summed E-state index contributed by atoms with van der Waals surface area (Å²) in [6.45, 7) is 0.0496. The standard InChI is InChI=1S/C26H19ClN2O6/c1-34-22-13-21(29-24(31)16-7-3-4-8-17(16)25(29)32)19(27)12-18(22)26(33)35-14-23(30)28-11-10-15-6-2-5-9-20(15)28/h2-9,12-13H,10-11,14H2,1H3. The van der Waals surface area contributed by atoms with Crippen molar-refractivity contribution < 1.29 is 28.7 Å². The van der Waals surface area contributed by atoms with Crippen LogP contribution in [0.5, 0.6) is 5.75 Å². The van der Waals surface area contributed by atoms with Crippen LogP contribution in [0.25, 0.3) is 0 Å². The minimum absolute atomic E-state index is 0.0212. The number of carbonyl (C=O) groups is 4. The van der Waals surface area contributed by atoms with E-state index in [1.54, 1.807) is 29.2 Å². The van der Waals surface area contributed by atoms with Crippen molar-refractivity contribution in [2.45, 2.75) is 6.42 Å². The molecule has 5 rings (SSSR count). The van der Waals surface area contributed by atoms with Crippen LogP contribution in [0, 0.1) is 0 Å². The van der Waals surface area contributed by atoms with Gasteiger partial charge in [0, 0.05) is 18.3 Å². The molecule has 0 aromatic heterocycles. The maximum absolute atomic E-state index is 12.8. The van der Waals surface area contributed by atoms with Crippen molar-refractivity contribution in [1.29, 1.82) is 0 Å². The van der Waals surface area contributed by atoms with Crippen molar-refractivity contribution in [3.8, 4) is 5.75 Å². The SMILES string of the molecule is COc1cc(N2C(=O)c3ccccc3C2=O)c(Cl)cc1C(=O)OCC(=O)N1CCc2ccccc21. The minimum atomic E-state index is -0.821. The number of hydrogen-bond acceptors (Lipinski definition) is 6. The van der Waals surface area contributed by atoms with Crippen LogP contribution in [0.1, 0.15) is 36.6 Å². The molecule has 2 heterocycles. The largest absolute Gasteiger partial charge is 0.496 e. The lowest BCUT2D eigenvalue weighted by atomic mass is 10.1. The molecule has 35 heavy (non-hydrogen) atoms. The number of amides is 3. The second-order valence-corrected chi connectivity index (χ2v) is 8.40. The molecule has 3 aromatic rings. The fourth-order valence-electron chi connectivity index (χ4n) is 4.33. The van der Waals surface area contributed by atoms with E-state index >= 15 is 0 Å². The molecule has 0 spiro atoms. The molecule has 0 saturated heterocycles. The van der Waals surface area contributed by atoms with Gasteiger partial charge in [0.2, 0.25) is 0 Å². The molecule has 9 heteroatoms. The molecule has 0 aliphatic carbocycles. The van der Waals surface area contributed by atoms with Gasteiger partial charge in [-0.15, -0.1) is 0 Å². The number of nitrogens with zero attached hydrogens (tertiary/aromatic N) is 2. The Kier molecular flexibility index (Phi) is 5.74. The summed E-state index contributed by atoms with van der Waals surface area (Å²) in [4.78, 5) is 53.7. The van der Waals surface area contributed by atoms with Gasteiger partial charge in [0.15, 0.2) is 6.61 Å². The number of ether oxygens (including phenoxy) is 2. The van der Waals surface area contributed by atoms with Gasteiger partial charge in [-0.2, -0.15) is 0 Å². The molecule has 0 atom stereocenters. The van der Waals surface area contributed by atoms with Crippen LogP contribution in [0.3, 0.4) is 0 Å². The van der Waals surface area contributed by atoms with Crippen molar-refractivity contribution in [1.82, 2.24) is 0 Å². The Morgan fingerprint density at radius 2 is 1.60 bits per heavy atom. The van der Waals surface area contributed by atoms with Crippen LogP contribution in [0.4, 0.5) is 11.4 Å². The molecule has 0 fully saturated rings. The van der Waals surface area contributed by atoms with Gasteiger partial charge in [-0.05, 0) is 36.2 Å². The first-order chi connectivity index (χ1) is 16.9. The van der Waals surface area contributed by atoms with E-state index in [4.69, 9.17) is 21.1 Å². The normalized spacial score (nSPS) is 14.1. The summed E-state index contributed by atoms with van der Waals surface area (Å²) in [5.74, 6) is -2.18.